The molecule has 6 nitrogen and oxygen atoms in total. The Hall–Kier alpha value is -3.10. The Balaban J connectivity index is 1.47. The number of amides is 1. The zero-order valence-corrected chi connectivity index (χ0v) is 20.4. The fourth-order valence-electron chi connectivity index (χ4n) is 3.12. The van der Waals surface area contributed by atoms with E-state index in [4.69, 9.17) is 13.9 Å². The lowest BCUT2D eigenvalue weighted by Crippen LogP contribution is -2.07. The van der Waals surface area contributed by atoms with E-state index in [1.54, 1.807) is 32.4 Å². The van der Waals surface area contributed by atoms with Crippen LogP contribution in [0.15, 0.2) is 74.0 Å². The molecule has 8 heteroatoms. The number of hydrogen-bond acceptors (Lipinski definition) is 5. The molecule has 4 rings (SSSR count). The van der Waals surface area contributed by atoms with E-state index in [0.717, 1.165) is 31.3 Å². The van der Waals surface area contributed by atoms with Gasteiger partial charge in [0.05, 0.1) is 18.7 Å². The number of halogens is 2. The molecule has 0 radical (unpaired) electrons. The topological polar surface area (TPSA) is 73.6 Å². The Morgan fingerprint density at radius 1 is 1.03 bits per heavy atom. The van der Waals surface area contributed by atoms with Crippen LogP contribution >= 0.6 is 31.9 Å². The number of hydrogen-bond donors (Lipinski definition) is 1. The maximum atomic E-state index is 12.4. The fourth-order valence-corrected chi connectivity index (χ4v) is 4.54. The molecule has 4 aromatic rings. The first kappa shape index (κ1) is 22.1. The summed E-state index contributed by atoms with van der Waals surface area (Å²) in [5, 5.41) is 2.84. The van der Waals surface area contributed by atoms with Crippen LogP contribution in [-0.4, -0.2) is 25.1 Å². The highest BCUT2D eigenvalue weighted by molar-refractivity contribution is 9.11. The summed E-state index contributed by atoms with van der Waals surface area (Å²) in [5.74, 6) is 1.61. The highest BCUT2D eigenvalue weighted by atomic mass is 79.9. The summed E-state index contributed by atoms with van der Waals surface area (Å²) in [4.78, 5) is 16.9. The van der Waals surface area contributed by atoms with Crippen molar-refractivity contribution in [1.82, 2.24) is 4.98 Å². The molecule has 1 amide bonds. The number of nitrogens with zero attached hydrogens (tertiary/aromatic N) is 1. The molecule has 0 saturated heterocycles. The molecular weight excluding hydrogens is 540 g/mol. The molecule has 32 heavy (non-hydrogen) atoms. The second-order valence-electron chi connectivity index (χ2n) is 6.76. The monoisotopic (exact) mass is 556 g/mol. The number of rotatable bonds is 6. The maximum Gasteiger partial charge on any atom is 0.248 e. The first-order valence-corrected chi connectivity index (χ1v) is 11.1. The van der Waals surface area contributed by atoms with Gasteiger partial charge in [-0.3, -0.25) is 4.79 Å². The van der Waals surface area contributed by atoms with Gasteiger partial charge in [-0.25, -0.2) is 4.98 Å². The number of anilines is 1. The number of fused-ring (bicyclic) bond motifs is 1. The summed E-state index contributed by atoms with van der Waals surface area (Å²) < 4.78 is 18.1. The van der Waals surface area contributed by atoms with Crippen molar-refractivity contribution in [3.63, 3.8) is 0 Å². The van der Waals surface area contributed by atoms with E-state index in [-0.39, 0.29) is 5.91 Å². The molecule has 0 aliphatic rings. The highest BCUT2D eigenvalue weighted by Gasteiger charge is 2.10. The summed E-state index contributed by atoms with van der Waals surface area (Å²) in [5.41, 5.74) is 3.63. The molecule has 3 aromatic carbocycles. The summed E-state index contributed by atoms with van der Waals surface area (Å²) >= 11 is 6.90. The third-order valence-corrected chi connectivity index (χ3v) is 5.70. The van der Waals surface area contributed by atoms with Gasteiger partial charge in [0.15, 0.2) is 5.58 Å². The number of carbonyl (C=O) groups excluding carboxylic acids is 1. The van der Waals surface area contributed by atoms with Crippen LogP contribution < -0.4 is 14.8 Å². The number of benzene rings is 3. The fraction of sp³-hybridized carbons (Fsp3) is 0.0833. The number of ether oxygens (including phenoxy) is 2. The number of methoxy groups -OCH3 is 2. The van der Waals surface area contributed by atoms with Crippen LogP contribution in [-0.2, 0) is 4.79 Å². The lowest BCUT2D eigenvalue weighted by molar-refractivity contribution is -0.111. The minimum Gasteiger partial charge on any atom is -0.497 e. The number of aromatic nitrogens is 1. The summed E-state index contributed by atoms with van der Waals surface area (Å²) in [7, 11) is 3.19. The lowest BCUT2D eigenvalue weighted by Gasteiger charge is -2.08. The van der Waals surface area contributed by atoms with Gasteiger partial charge in [-0.05, 0) is 70.5 Å². The van der Waals surface area contributed by atoms with E-state index >= 15 is 0 Å². The number of carbonyl (C=O) groups is 1. The zero-order valence-electron chi connectivity index (χ0n) is 17.2. The van der Waals surface area contributed by atoms with Gasteiger partial charge in [0.25, 0.3) is 0 Å². The van der Waals surface area contributed by atoms with Crippen LogP contribution in [0.1, 0.15) is 5.56 Å². The summed E-state index contributed by atoms with van der Waals surface area (Å²) in [6.07, 6.45) is 3.16. The molecule has 1 N–H and O–H groups in total. The normalized spacial score (nSPS) is 11.1. The average Bonchev–Trinajstić information content (AvgIpc) is 3.21. The van der Waals surface area contributed by atoms with Crippen LogP contribution in [0.2, 0.25) is 0 Å². The third kappa shape index (κ3) is 4.87. The molecule has 0 bridgehead atoms. The van der Waals surface area contributed by atoms with Crippen molar-refractivity contribution in [3.8, 4) is 23.0 Å². The van der Waals surface area contributed by atoms with E-state index in [1.807, 2.05) is 42.5 Å². The van der Waals surface area contributed by atoms with Crippen molar-refractivity contribution < 1.29 is 18.7 Å². The molecule has 1 aromatic heterocycles. The molecular formula is C24H18Br2N2O4. The Morgan fingerprint density at radius 2 is 1.81 bits per heavy atom. The predicted molar refractivity (Wildman–Crippen MR) is 132 cm³/mol. The molecule has 1 heterocycles. The van der Waals surface area contributed by atoms with Gasteiger partial charge in [-0.2, -0.15) is 0 Å². The molecule has 0 unspecified atom stereocenters. The molecule has 0 spiro atoms. The Kier molecular flexibility index (Phi) is 6.62. The highest BCUT2D eigenvalue weighted by Crippen LogP contribution is 2.33. The molecule has 0 aliphatic heterocycles. The average molecular weight is 558 g/mol. The zero-order chi connectivity index (χ0) is 22.7. The van der Waals surface area contributed by atoms with Crippen LogP contribution in [0.25, 0.3) is 28.6 Å². The van der Waals surface area contributed by atoms with Gasteiger partial charge in [0.2, 0.25) is 11.8 Å². The van der Waals surface area contributed by atoms with Gasteiger partial charge < -0.3 is 19.2 Å². The SMILES string of the molecule is COc1ccc2oc(-c3ccc(NC(=O)C=Cc4cc(Br)cc(Br)c4OC)cc3)nc2c1. The molecule has 0 aliphatic carbocycles. The maximum absolute atomic E-state index is 12.4. The van der Waals surface area contributed by atoms with Crippen molar-refractivity contribution in [2.24, 2.45) is 0 Å². The third-order valence-electron chi connectivity index (χ3n) is 4.65. The molecule has 0 atom stereocenters. The van der Waals surface area contributed by atoms with Crippen molar-refractivity contribution in [2.45, 2.75) is 0 Å². The van der Waals surface area contributed by atoms with Gasteiger partial charge >= 0.3 is 0 Å². The Labute approximate surface area is 201 Å². The molecule has 0 fully saturated rings. The largest absolute Gasteiger partial charge is 0.497 e. The van der Waals surface area contributed by atoms with Gasteiger partial charge in [0, 0.05) is 33.4 Å². The number of oxazole rings is 1. The van der Waals surface area contributed by atoms with Crippen molar-refractivity contribution >= 4 is 60.6 Å². The van der Waals surface area contributed by atoms with E-state index < -0.39 is 0 Å². The quantitative estimate of drug-likeness (QED) is 0.267. The standard InChI is InChI=1S/C24H18Br2N2O4/c1-30-18-8-9-21-20(13-18)28-24(32-21)14-3-6-17(7-4-14)27-22(29)10-5-15-11-16(25)12-19(26)23(15)31-2/h3-13H,1-2H3,(H,27,29). The van der Waals surface area contributed by atoms with Crippen LogP contribution in [0.4, 0.5) is 5.69 Å². The molecule has 0 saturated carbocycles. The lowest BCUT2D eigenvalue weighted by atomic mass is 10.2. The van der Waals surface area contributed by atoms with E-state index in [0.29, 0.717) is 22.9 Å². The van der Waals surface area contributed by atoms with Gasteiger partial charge in [-0.15, -0.1) is 0 Å². The van der Waals surface area contributed by atoms with E-state index in [9.17, 15) is 4.79 Å². The van der Waals surface area contributed by atoms with Gasteiger partial charge in [-0.1, -0.05) is 15.9 Å². The number of nitrogens with one attached hydrogen (secondary N) is 1. The summed E-state index contributed by atoms with van der Waals surface area (Å²) in [6, 6.07) is 16.5. The molecule has 162 valence electrons. The van der Waals surface area contributed by atoms with E-state index in [2.05, 4.69) is 42.2 Å². The Bertz CT molecular complexity index is 1310. The van der Waals surface area contributed by atoms with Crippen molar-refractivity contribution in [1.29, 1.82) is 0 Å². The van der Waals surface area contributed by atoms with Crippen LogP contribution in [0.3, 0.4) is 0 Å². The van der Waals surface area contributed by atoms with E-state index in [1.165, 1.54) is 6.08 Å². The van der Waals surface area contributed by atoms with Crippen molar-refractivity contribution in [3.05, 3.63) is 75.2 Å². The predicted octanol–water partition coefficient (Wildman–Crippen LogP) is 6.69. The smallest absolute Gasteiger partial charge is 0.248 e. The van der Waals surface area contributed by atoms with Crippen LogP contribution in [0, 0.1) is 0 Å². The first-order valence-electron chi connectivity index (χ1n) is 9.54. The second-order valence-corrected chi connectivity index (χ2v) is 8.53. The van der Waals surface area contributed by atoms with Gasteiger partial charge in [0.1, 0.15) is 17.0 Å². The van der Waals surface area contributed by atoms with Crippen molar-refractivity contribution in [2.75, 3.05) is 19.5 Å². The minimum absolute atomic E-state index is 0.259. The van der Waals surface area contributed by atoms with Crippen LogP contribution in [0.5, 0.6) is 11.5 Å². The summed E-state index contributed by atoms with van der Waals surface area (Å²) in [6.45, 7) is 0. The Morgan fingerprint density at radius 3 is 2.53 bits per heavy atom. The minimum atomic E-state index is -0.259. The first-order chi connectivity index (χ1) is 15.5. The second kappa shape index (κ2) is 9.58.